The Morgan fingerprint density at radius 1 is 1.62 bits per heavy atom. The standard InChI is InChI=1S/C8H9BrClN3/c1-12-8(13-11)5-2-3-6(9)7(10)4-5/h2-4H,11H2,1H3,(H,12,13). The van der Waals surface area contributed by atoms with Crippen LogP contribution in [0.5, 0.6) is 0 Å². The van der Waals surface area contributed by atoms with Crippen molar-refractivity contribution in [2.45, 2.75) is 0 Å². The Labute approximate surface area is 90.1 Å². The second-order valence-electron chi connectivity index (χ2n) is 2.35. The van der Waals surface area contributed by atoms with Gasteiger partial charge in [-0.1, -0.05) is 17.7 Å². The van der Waals surface area contributed by atoms with Crippen molar-refractivity contribution in [2.75, 3.05) is 7.05 Å². The Balaban J connectivity index is 3.10. The highest BCUT2D eigenvalue weighted by atomic mass is 79.9. The van der Waals surface area contributed by atoms with E-state index in [9.17, 15) is 0 Å². The number of halogens is 2. The molecule has 0 amide bonds. The first-order valence-corrected chi connectivity index (χ1v) is 4.75. The van der Waals surface area contributed by atoms with Crippen LogP contribution in [0, 0.1) is 0 Å². The minimum Gasteiger partial charge on any atom is -0.308 e. The lowest BCUT2D eigenvalue weighted by atomic mass is 10.2. The average molecular weight is 263 g/mol. The molecule has 3 nitrogen and oxygen atoms in total. The number of hydrogen-bond acceptors (Lipinski definition) is 2. The molecule has 0 bridgehead atoms. The zero-order valence-electron chi connectivity index (χ0n) is 7.01. The lowest BCUT2D eigenvalue weighted by molar-refractivity contribution is 1.02. The van der Waals surface area contributed by atoms with Gasteiger partial charge in [0.2, 0.25) is 0 Å². The Morgan fingerprint density at radius 2 is 2.31 bits per heavy atom. The minimum absolute atomic E-state index is 0.606. The quantitative estimate of drug-likeness (QED) is 0.352. The number of nitrogens with zero attached hydrogens (tertiary/aromatic N) is 1. The molecule has 3 N–H and O–H groups in total. The van der Waals surface area contributed by atoms with Crippen molar-refractivity contribution in [3.63, 3.8) is 0 Å². The molecular formula is C8H9BrClN3. The van der Waals surface area contributed by atoms with E-state index < -0.39 is 0 Å². The van der Waals surface area contributed by atoms with Crippen molar-refractivity contribution >= 4 is 33.4 Å². The van der Waals surface area contributed by atoms with Crippen LogP contribution in [-0.2, 0) is 0 Å². The van der Waals surface area contributed by atoms with Crippen LogP contribution in [-0.4, -0.2) is 12.9 Å². The Bertz CT molecular complexity index is 338. The van der Waals surface area contributed by atoms with Gasteiger partial charge in [0.25, 0.3) is 0 Å². The lowest BCUT2D eigenvalue weighted by Gasteiger charge is -2.05. The van der Waals surface area contributed by atoms with E-state index in [1.165, 1.54) is 0 Å². The number of nitrogens with one attached hydrogen (secondary N) is 1. The van der Waals surface area contributed by atoms with Gasteiger partial charge in [0.15, 0.2) is 0 Å². The summed E-state index contributed by atoms with van der Waals surface area (Å²) >= 11 is 9.20. The normalized spacial score (nSPS) is 11.5. The summed E-state index contributed by atoms with van der Waals surface area (Å²) in [6, 6.07) is 5.51. The number of nitrogens with two attached hydrogens (primary N) is 1. The van der Waals surface area contributed by atoms with Gasteiger partial charge in [0.1, 0.15) is 5.84 Å². The minimum atomic E-state index is 0.606. The van der Waals surface area contributed by atoms with E-state index in [0.29, 0.717) is 10.9 Å². The molecular weight excluding hydrogens is 253 g/mol. The highest BCUT2D eigenvalue weighted by Crippen LogP contribution is 2.23. The molecule has 0 saturated heterocycles. The van der Waals surface area contributed by atoms with Gasteiger partial charge in [-0.25, -0.2) is 5.84 Å². The molecule has 0 aliphatic heterocycles. The SMILES string of the molecule is CN=C(NN)c1ccc(Br)c(Cl)c1. The molecule has 1 aromatic rings. The molecule has 0 radical (unpaired) electrons. The summed E-state index contributed by atoms with van der Waals surface area (Å²) in [6.07, 6.45) is 0. The van der Waals surface area contributed by atoms with E-state index in [-0.39, 0.29) is 0 Å². The molecule has 5 heteroatoms. The second-order valence-corrected chi connectivity index (χ2v) is 3.61. The number of aliphatic imine (C=N–C) groups is 1. The summed E-state index contributed by atoms with van der Waals surface area (Å²) in [7, 11) is 1.66. The fourth-order valence-corrected chi connectivity index (χ4v) is 1.35. The van der Waals surface area contributed by atoms with Gasteiger partial charge >= 0.3 is 0 Å². The Morgan fingerprint density at radius 3 is 2.77 bits per heavy atom. The van der Waals surface area contributed by atoms with Crippen LogP contribution in [0.4, 0.5) is 0 Å². The smallest absolute Gasteiger partial charge is 0.142 e. The summed E-state index contributed by atoms with van der Waals surface area (Å²) in [6.45, 7) is 0. The van der Waals surface area contributed by atoms with Crippen LogP contribution in [0.15, 0.2) is 27.7 Å². The van der Waals surface area contributed by atoms with Gasteiger partial charge in [0, 0.05) is 17.1 Å². The first kappa shape index (κ1) is 10.5. The van der Waals surface area contributed by atoms with E-state index in [1.807, 2.05) is 12.1 Å². The molecule has 0 heterocycles. The summed E-state index contributed by atoms with van der Waals surface area (Å²) in [5, 5.41) is 0.633. The van der Waals surface area contributed by atoms with Crippen molar-refractivity contribution < 1.29 is 0 Å². The van der Waals surface area contributed by atoms with Gasteiger partial charge in [-0.05, 0) is 28.1 Å². The van der Waals surface area contributed by atoms with Gasteiger partial charge in [-0.15, -0.1) is 0 Å². The van der Waals surface area contributed by atoms with Gasteiger partial charge < -0.3 is 5.43 Å². The molecule has 0 fully saturated rings. The molecule has 0 spiro atoms. The van der Waals surface area contributed by atoms with Crippen LogP contribution in [0.3, 0.4) is 0 Å². The number of hydrazine groups is 1. The second kappa shape index (κ2) is 4.60. The maximum atomic E-state index is 5.90. The van der Waals surface area contributed by atoms with E-state index in [0.717, 1.165) is 10.0 Å². The van der Waals surface area contributed by atoms with Crippen molar-refractivity contribution in [3.05, 3.63) is 33.3 Å². The van der Waals surface area contributed by atoms with Crippen LogP contribution < -0.4 is 11.3 Å². The van der Waals surface area contributed by atoms with E-state index in [1.54, 1.807) is 13.1 Å². The molecule has 1 aromatic carbocycles. The predicted octanol–water partition coefficient (Wildman–Crippen LogP) is 1.94. The highest BCUT2D eigenvalue weighted by molar-refractivity contribution is 9.10. The molecule has 0 unspecified atom stereocenters. The Kier molecular flexibility index (Phi) is 3.71. The molecule has 0 aromatic heterocycles. The van der Waals surface area contributed by atoms with Crippen LogP contribution in [0.2, 0.25) is 5.02 Å². The molecule has 0 aliphatic rings. The molecule has 0 aliphatic carbocycles. The van der Waals surface area contributed by atoms with Gasteiger partial charge in [0.05, 0.1) is 5.02 Å². The third-order valence-electron chi connectivity index (χ3n) is 1.55. The average Bonchev–Trinajstić information content (AvgIpc) is 2.13. The molecule has 13 heavy (non-hydrogen) atoms. The van der Waals surface area contributed by atoms with E-state index in [2.05, 4.69) is 26.3 Å². The van der Waals surface area contributed by atoms with Crippen molar-refractivity contribution in [2.24, 2.45) is 10.8 Å². The number of amidine groups is 1. The molecule has 70 valence electrons. The largest absolute Gasteiger partial charge is 0.308 e. The zero-order chi connectivity index (χ0) is 9.84. The summed E-state index contributed by atoms with van der Waals surface area (Å²) in [5.41, 5.74) is 3.35. The highest BCUT2D eigenvalue weighted by Gasteiger charge is 2.03. The number of benzene rings is 1. The molecule has 0 atom stereocenters. The van der Waals surface area contributed by atoms with Gasteiger partial charge in [-0.3, -0.25) is 4.99 Å². The zero-order valence-corrected chi connectivity index (χ0v) is 9.35. The summed E-state index contributed by atoms with van der Waals surface area (Å²) < 4.78 is 0.852. The van der Waals surface area contributed by atoms with Crippen LogP contribution in [0.1, 0.15) is 5.56 Å². The predicted molar refractivity (Wildman–Crippen MR) is 58.9 cm³/mol. The molecule has 0 saturated carbocycles. The first-order valence-electron chi connectivity index (χ1n) is 3.58. The maximum Gasteiger partial charge on any atom is 0.142 e. The Hall–Kier alpha value is -0.580. The monoisotopic (exact) mass is 261 g/mol. The number of rotatable bonds is 1. The van der Waals surface area contributed by atoms with E-state index in [4.69, 9.17) is 17.4 Å². The van der Waals surface area contributed by atoms with Crippen LogP contribution >= 0.6 is 27.5 Å². The third-order valence-corrected chi connectivity index (χ3v) is 2.79. The maximum absolute atomic E-state index is 5.90. The third kappa shape index (κ3) is 2.43. The van der Waals surface area contributed by atoms with Crippen molar-refractivity contribution in [1.82, 2.24) is 5.43 Å². The van der Waals surface area contributed by atoms with Crippen LogP contribution in [0.25, 0.3) is 0 Å². The summed E-state index contributed by atoms with van der Waals surface area (Å²) in [4.78, 5) is 3.95. The topological polar surface area (TPSA) is 50.4 Å². The first-order chi connectivity index (χ1) is 6.19. The molecule has 1 rings (SSSR count). The van der Waals surface area contributed by atoms with Crippen molar-refractivity contribution in [3.8, 4) is 0 Å². The van der Waals surface area contributed by atoms with E-state index >= 15 is 0 Å². The fraction of sp³-hybridized carbons (Fsp3) is 0.125. The summed E-state index contributed by atoms with van der Waals surface area (Å²) in [5.74, 6) is 5.87. The fourth-order valence-electron chi connectivity index (χ4n) is 0.920. The number of hydrogen-bond donors (Lipinski definition) is 2. The van der Waals surface area contributed by atoms with Gasteiger partial charge in [-0.2, -0.15) is 0 Å². The van der Waals surface area contributed by atoms with Crippen molar-refractivity contribution in [1.29, 1.82) is 0 Å². The lowest BCUT2D eigenvalue weighted by Crippen LogP contribution is -2.30.